The Morgan fingerprint density at radius 1 is 1.32 bits per heavy atom. The minimum absolute atomic E-state index is 0.0831. The first-order valence-electron chi connectivity index (χ1n) is 6.57. The van der Waals surface area contributed by atoms with E-state index in [2.05, 4.69) is 12.2 Å². The molecular formula is C14H22FNO2S. The van der Waals surface area contributed by atoms with E-state index in [0.717, 1.165) is 13.0 Å². The zero-order valence-electron chi connectivity index (χ0n) is 11.5. The van der Waals surface area contributed by atoms with Gasteiger partial charge in [0, 0.05) is 18.7 Å². The van der Waals surface area contributed by atoms with Crippen molar-refractivity contribution in [2.75, 3.05) is 25.1 Å². The molecule has 0 aliphatic rings. The number of hydrogen-bond acceptors (Lipinski definition) is 3. The number of halogens is 1. The summed E-state index contributed by atoms with van der Waals surface area (Å²) in [6, 6.07) is 6.58. The molecule has 1 aromatic carbocycles. The van der Waals surface area contributed by atoms with Gasteiger partial charge in [0.1, 0.15) is 15.7 Å². The minimum Gasteiger partial charge on any atom is -0.316 e. The summed E-state index contributed by atoms with van der Waals surface area (Å²) >= 11 is 0. The molecule has 19 heavy (non-hydrogen) atoms. The van der Waals surface area contributed by atoms with Crippen molar-refractivity contribution in [2.45, 2.75) is 25.7 Å². The molecule has 5 heteroatoms. The molecule has 1 aromatic rings. The van der Waals surface area contributed by atoms with E-state index in [1.807, 2.05) is 0 Å². The van der Waals surface area contributed by atoms with Crippen LogP contribution in [0.15, 0.2) is 24.3 Å². The van der Waals surface area contributed by atoms with E-state index in [0.29, 0.717) is 18.5 Å². The van der Waals surface area contributed by atoms with Crippen LogP contribution >= 0.6 is 0 Å². The zero-order chi connectivity index (χ0) is 14.3. The minimum atomic E-state index is -3.02. The second kappa shape index (κ2) is 7.60. The molecule has 3 nitrogen and oxygen atoms in total. The lowest BCUT2D eigenvalue weighted by Crippen LogP contribution is -2.24. The molecule has 0 heterocycles. The molecule has 0 radical (unpaired) electrons. The number of benzene rings is 1. The Morgan fingerprint density at radius 3 is 2.58 bits per heavy atom. The third kappa shape index (κ3) is 6.16. The summed E-state index contributed by atoms with van der Waals surface area (Å²) in [5.41, 5.74) is 0.592. The largest absolute Gasteiger partial charge is 0.316 e. The lowest BCUT2D eigenvalue weighted by molar-refractivity contribution is 0.525. The van der Waals surface area contributed by atoms with Gasteiger partial charge in [-0.25, -0.2) is 12.8 Å². The first kappa shape index (κ1) is 16.1. The molecule has 0 bridgehead atoms. The van der Waals surface area contributed by atoms with Crippen LogP contribution in [-0.4, -0.2) is 33.5 Å². The highest BCUT2D eigenvalue weighted by Gasteiger charge is 2.17. The van der Waals surface area contributed by atoms with E-state index in [1.54, 1.807) is 18.2 Å². The van der Waals surface area contributed by atoms with E-state index in [4.69, 9.17) is 0 Å². The SMILES string of the molecule is CCCNCC(CCS(C)(=O)=O)c1ccccc1F. The Labute approximate surface area is 115 Å². The van der Waals surface area contributed by atoms with Crippen LogP contribution in [0.4, 0.5) is 4.39 Å². The average Bonchev–Trinajstić information content (AvgIpc) is 2.33. The molecule has 1 N–H and O–H groups in total. The van der Waals surface area contributed by atoms with Crippen molar-refractivity contribution in [1.29, 1.82) is 0 Å². The Balaban J connectivity index is 2.77. The Morgan fingerprint density at radius 2 is 2.00 bits per heavy atom. The van der Waals surface area contributed by atoms with Crippen LogP contribution in [0.25, 0.3) is 0 Å². The molecule has 0 fully saturated rings. The predicted molar refractivity (Wildman–Crippen MR) is 76.6 cm³/mol. The maximum absolute atomic E-state index is 13.8. The van der Waals surface area contributed by atoms with Gasteiger partial charge in [-0.1, -0.05) is 25.1 Å². The van der Waals surface area contributed by atoms with Crippen molar-refractivity contribution in [3.63, 3.8) is 0 Å². The zero-order valence-corrected chi connectivity index (χ0v) is 12.3. The summed E-state index contributed by atoms with van der Waals surface area (Å²) in [6.45, 7) is 3.51. The van der Waals surface area contributed by atoms with Crippen molar-refractivity contribution in [3.8, 4) is 0 Å². The number of hydrogen-bond donors (Lipinski definition) is 1. The molecule has 0 saturated heterocycles. The van der Waals surface area contributed by atoms with Gasteiger partial charge in [-0.2, -0.15) is 0 Å². The van der Waals surface area contributed by atoms with Crippen molar-refractivity contribution < 1.29 is 12.8 Å². The predicted octanol–water partition coefficient (Wildman–Crippen LogP) is 2.34. The molecule has 1 rings (SSSR count). The highest BCUT2D eigenvalue weighted by molar-refractivity contribution is 7.90. The molecule has 1 atom stereocenters. The molecule has 0 aliphatic heterocycles. The first-order valence-corrected chi connectivity index (χ1v) is 8.63. The average molecular weight is 287 g/mol. The van der Waals surface area contributed by atoms with Gasteiger partial charge in [0.25, 0.3) is 0 Å². The fourth-order valence-electron chi connectivity index (χ4n) is 1.98. The van der Waals surface area contributed by atoms with Gasteiger partial charge in [-0.05, 0) is 31.0 Å². The second-order valence-electron chi connectivity index (χ2n) is 4.84. The fraction of sp³-hybridized carbons (Fsp3) is 0.571. The van der Waals surface area contributed by atoms with Crippen LogP contribution in [0.1, 0.15) is 31.2 Å². The Kier molecular flexibility index (Phi) is 6.45. The number of nitrogens with one attached hydrogen (secondary N) is 1. The van der Waals surface area contributed by atoms with E-state index in [1.165, 1.54) is 12.3 Å². The molecule has 0 amide bonds. The van der Waals surface area contributed by atoms with Gasteiger partial charge in [0.05, 0.1) is 5.75 Å². The fourth-order valence-corrected chi connectivity index (χ4v) is 2.70. The van der Waals surface area contributed by atoms with E-state index in [-0.39, 0.29) is 17.5 Å². The number of rotatable bonds is 8. The van der Waals surface area contributed by atoms with Crippen LogP contribution in [-0.2, 0) is 9.84 Å². The molecule has 0 spiro atoms. The van der Waals surface area contributed by atoms with Gasteiger partial charge < -0.3 is 5.32 Å². The lowest BCUT2D eigenvalue weighted by Gasteiger charge is -2.18. The molecule has 108 valence electrons. The van der Waals surface area contributed by atoms with E-state index in [9.17, 15) is 12.8 Å². The molecular weight excluding hydrogens is 265 g/mol. The third-order valence-corrected chi connectivity index (χ3v) is 3.98. The Bertz CT molecular complexity index is 488. The van der Waals surface area contributed by atoms with Gasteiger partial charge >= 0.3 is 0 Å². The summed E-state index contributed by atoms with van der Waals surface area (Å²) in [6.07, 6.45) is 2.65. The topological polar surface area (TPSA) is 46.2 Å². The van der Waals surface area contributed by atoms with Crippen molar-refractivity contribution >= 4 is 9.84 Å². The van der Waals surface area contributed by atoms with Crippen LogP contribution in [0.2, 0.25) is 0 Å². The quantitative estimate of drug-likeness (QED) is 0.747. The van der Waals surface area contributed by atoms with Gasteiger partial charge in [0.15, 0.2) is 0 Å². The van der Waals surface area contributed by atoms with Crippen molar-refractivity contribution in [1.82, 2.24) is 5.32 Å². The van der Waals surface area contributed by atoms with Gasteiger partial charge in [0.2, 0.25) is 0 Å². The van der Waals surface area contributed by atoms with Crippen LogP contribution < -0.4 is 5.32 Å². The monoisotopic (exact) mass is 287 g/mol. The summed E-state index contributed by atoms with van der Waals surface area (Å²) in [4.78, 5) is 0. The highest BCUT2D eigenvalue weighted by atomic mass is 32.2. The summed E-state index contributed by atoms with van der Waals surface area (Å²) < 4.78 is 36.3. The maximum atomic E-state index is 13.8. The third-order valence-electron chi connectivity index (χ3n) is 3.00. The smallest absolute Gasteiger partial charge is 0.147 e. The first-order chi connectivity index (χ1) is 8.94. The molecule has 0 aromatic heterocycles. The normalized spacial score (nSPS) is 13.4. The second-order valence-corrected chi connectivity index (χ2v) is 7.10. The van der Waals surface area contributed by atoms with Crippen LogP contribution in [0.5, 0.6) is 0 Å². The highest BCUT2D eigenvalue weighted by Crippen LogP contribution is 2.22. The lowest BCUT2D eigenvalue weighted by atomic mass is 9.96. The molecule has 0 saturated carbocycles. The number of sulfone groups is 1. The van der Waals surface area contributed by atoms with Crippen molar-refractivity contribution in [3.05, 3.63) is 35.6 Å². The Hall–Kier alpha value is -0.940. The van der Waals surface area contributed by atoms with E-state index >= 15 is 0 Å². The maximum Gasteiger partial charge on any atom is 0.147 e. The van der Waals surface area contributed by atoms with E-state index < -0.39 is 9.84 Å². The van der Waals surface area contributed by atoms with Crippen molar-refractivity contribution in [2.24, 2.45) is 0 Å². The van der Waals surface area contributed by atoms with Gasteiger partial charge in [-0.3, -0.25) is 0 Å². The summed E-state index contributed by atoms with van der Waals surface area (Å²) in [5.74, 6) is -0.290. The summed E-state index contributed by atoms with van der Waals surface area (Å²) in [5, 5.41) is 3.24. The van der Waals surface area contributed by atoms with Crippen LogP contribution in [0, 0.1) is 5.82 Å². The molecule has 0 aliphatic carbocycles. The molecule has 1 unspecified atom stereocenters. The van der Waals surface area contributed by atoms with Crippen LogP contribution in [0.3, 0.4) is 0 Å². The standard InChI is InChI=1S/C14H22FNO2S/c1-3-9-16-11-12(8-10-19(2,17)18)13-6-4-5-7-14(13)15/h4-7,12,16H,3,8-11H2,1-2H3. The van der Waals surface area contributed by atoms with Gasteiger partial charge in [-0.15, -0.1) is 0 Å². The summed E-state index contributed by atoms with van der Waals surface area (Å²) in [7, 11) is -3.02.